The third kappa shape index (κ3) is 4.46. The SMILES string of the molecule is CC1CCN(C(=O)CCc2nc3ccccc3n2-c2ccccc2)C(CN)C1.Cl. The van der Waals surface area contributed by atoms with E-state index in [-0.39, 0.29) is 24.4 Å². The fourth-order valence-electron chi connectivity index (χ4n) is 4.27. The lowest BCUT2D eigenvalue weighted by Gasteiger charge is -2.38. The highest BCUT2D eigenvalue weighted by atomic mass is 35.5. The molecule has 1 aliphatic heterocycles. The van der Waals surface area contributed by atoms with E-state index in [9.17, 15) is 4.79 Å². The Morgan fingerprint density at radius 2 is 1.86 bits per heavy atom. The lowest BCUT2D eigenvalue weighted by atomic mass is 9.92. The van der Waals surface area contributed by atoms with Crippen LogP contribution in [0.15, 0.2) is 54.6 Å². The fourth-order valence-corrected chi connectivity index (χ4v) is 4.27. The zero-order valence-corrected chi connectivity index (χ0v) is 17.6. The van der Waals surface area contributed by atoms with Crippen LogP contribution in [0.25, 0.3) is 16.7 Å². The number of piperidine rings is 1. The van der Waals surface area contributed by atoms with Crippen molar-refractivity contribution in [3.05, 3.63) is 60.4 Å². The second kappa shape index (κ2) is 9.42. The van der Waals surface area contributed by atoms with Crippen LogP contribution in [0, 0.1) is 5.92 Å². The predicted molar refractivity (Wildman–Crippen MR) is 120 cm³/mol. The van der Waals surface area contributed by atoms with Crippen LogP contribution < -0.4 is 5.73 Å². The van der Waals surface area contributed by atoms with Crippen molar-refractivity contribution in [2.75, 3.05) is 13.1 Å². The van der Waals surface area contributed by atoms with Gasteiger partial charge in [0, 0.05) is 37.7 Å². The quantitative estimate of drug-likeness (QED) is 0.689. The van der Waals surface area contributed by atoms with Crippen molar-refractivity contribution in [2.45, 2.75) is 38.6 Å². The Hall–Kier alpha value is -2.37. The van der Waals surface area contributed by atoms with Gasteiger partial charge < -0.3 is 10.6 Å². The van der Waals surface area contributed by atoms with Crippen molar-refractivity contribution in [3.63, 3.8) is 0 Å². The number of hydrogen-bond acceptors (Lipinski definition) is 3. The Bertz CT molecular complexity index is 956. The number of halogens is 1. The molecule has 2 atom stereocenters. The predicted octanol–water partition coefficient (Wildman–Crippen LogP) is 3.97. The molecule has 3 aromatic rings. The first-order valence-electron chi connectivity index (χ1n) is 10.2. The molecule has 1 fully saturated rings. The summed E-state index contributed by atoms with van der Waals surface area (Å²) in [5.41, 5.74) is 9.05. The largest absolute Gasteiger partial charge is 0.338 e. The summed E-state index contributed by atoms with van der Waals surface area (Å²) in [6.07, 6.45) is 3.14. The zero-order chi connectivity index (χ0) is 19.5. The molecule has 154 valence electrons. The summed E-state index contributed by atoms with van der Waals surface area (Å²) in [6, 6.07) is 18.5. The van der Waals surface area contributed by atoms with E-state index in [1.807, 2.05) is 41.3 Å². The van der Waals surface area contributed by atoms with Crippen LogP contribution in [-0.2, 0) is 11.2 Å². The average molecular weight is 413 g/mol. The number of likely N-dealkylation sites (tertiary alicyclic amines) is 1. The molecular weight excluding hydrogens is 384 g/mol. The highest BCUT2D eigenvalue weighted by molar-refractivity contribution is 5.85. The summed E-state index contributed by atoms with van der Waals surface area (Å²) >= 11 is 0. The number of rotatable bonds is 5. The minimum atomic E-state index is 0. The normalized spacial score (nSPS) is 19.2. The number of aromatic nitrogens is 2. The summed E-state index contributed by atoms with van der Waals surface area (Å²) in [5.74, 6) is 1.75. The molecule has 2 aromatic carbocycles. The van der Waals surface area contributed by atoms with Crippen molar-refractivity contribution in [2.24, 2.45) is 11.7 Å². The lowest BCUT2D eigenvalue weighted by Crippen LogP contribution is -2.49. The second-order valence-corrected chi connectivity index (χ2v) is 7.79. The van der Waals surface area contributed by atoms with Gasteiger partial charge >= 0.3 is 0 Å². The molecule has 0 saturated carbocycles. The molecule has 0 aliphatic carbocycles. The molecule has 0 radical (unpaired) electrons. The van der Waals surface area contributed by atoms with Crippen LogP contribution in [-0.4, -0.2) is 39.5 Å². The van der Waals surface area contributed by atoms with Gasteiger partial charge in [0.15, 0.2) is 0 Å². The van der Waals surface area contributed by atoms with Crippen LogP contribution in [0.2, 0.25) is 0 Å². The van der Waals surface area contributed by atoms with E-state index in [1.165, 1.54) is 0 Å². The van der Waals surface area contributed by atoms with Gasteiger partial charge in [-0.05, 0) is 43.0 Å². The van der Waals surface area contributed by atoms with E-state index < -0.39 is 0 Å². The molecule has 1 amide bonds. The summed E-state index contributed by atoms with van der Waals surface area (Å²) in [5, 5.41) is 0. The molecule has 29 heavy (non-hydrogen) atoms. The molecule has 2 unspecified atom stereocenters. The van der Waals surface area contributed by atoms with Crippen molar-refractivity contribution in [1.29, 1.82) is 0 Å². The second-order valence-electron chi connectivity index (χ2n) is 7.79. The van der Waals surface area contributed by atoms with Crippen LogP contribution in [0.5, 0.6) is 0 Å². The summed E-state index contributed by atoms with van der Waals surface area (Å²) in [7, 11) is 0. The van der Waals surface area contributed by atoms with Gasteiger partial charge in [0.25, 0.3) is 0 Å². The van der Waals surface area contributed by atoms with E-state index in [1.54, 1.807) is 0 Å². The van der Waals surface area contributed by atoms with Gasteiger partial charge in [-0.25, -0.2) is 4.98 Å². The monoisotopic (exact) mass is 412 g/mol. The van der Waals surface area contributed by atoms with Gasteiger partial charge in [-0.1, -0.05) is 37.3 Å². The van der Waals surface area contributed by atoms with E-state index >= 15 is 0 Å². The first-order valence-corrected chi connectivity index (χ1v) is 10.2. The van der Waals surface area contributed by atoms with Crippen LogP contribution in [0.3, 0.4) is 0 Å². The number of carbonyl (C=O) groups is 1. The van der Waals surface area contributed by atoms with Gasteiger partial charge in [-0.2, -0.15) is 0 Å². The van der Waals surface area contributed by atoms with Gasteiger partial charge in [0.1, 0.15) is 5.82 Å². The number of para-hydroxylation sites is 3. The maximum atomic E-state index is 12.9. The Morgan fingerprint density at radius 3 is 2.62 bits per heavy atom. The van der Waals surface area contributed by atoms with Crippen molar-refractivity contribution >= 4 is 29.3 Å². The first-order chi connectivity index (χ1) is 13.7. The minimum absolute atomic E-state index is 0. The van der Waals surface area contributed by atoms with Crippen LogP contribution in [0.1, 0.15) is 32.0 Å². The number of fused-ring (bicyclic) bond motifs is 1. The highest BCUT2D eigenvalue weighted by Gasteiger charge is 2.28. The fraction of sp³-hybridized carbons (Fsp3) is 0.391. The molecule has 1 aliphatic rings. The maximum Gasteiger partial charge on any atom is 0.223 e. The standard InChI is InChI=1S/C23H28N4O.ClH/c1-17-13-14-26(19(15-17)16-24)23(28)12-11-22-25-20-9-5-6-10-21(20)27(22)18-7-3-2-4-8-18;/h2-10,17,19H,11-16,24H2,1H3;1H. The van der Waals surface area contributed by atoms with Gasteiger partial charge in [-0.3, -0.25) is 9.36 Å². The van der Waals surface area contributed by atoms with Gasteiger partial charge in [-0.15, -0.1) is 12.4 Å². The molecular formula is C23H29ClN4O. The number of nitrogens with two attached hydrogens (primary N) is 1. The summed E-state index contributed by atoms with van der Waals surface area (Å²) < 4.78 is 2.17. The van der Waals surface area contributed by atoms with Crippen LogP contribution >= 0.6 is 12.4 Å². The molecule has 1 saturated heterocycles. The molecule has 6 heteroatoms. The molecule has 1 aromatic heterocycles. The molecule has 0 spiro atoms. The molecule has 0 bridgehead atoms. The van der Waals surface area contributed by atoms with Crippen LogP contribution in [0.4, 0.5) is 0 Å². The summed E-state index contributed by atoms with van der Waals surface area (Å²) in [6.45, 7) is 3.60. The third-order valence-electron chi connectivity index (χ3n) is 5.78. The van der Waals surface area contributed by atoms with Crippen molar-refractivity contribution in [1.82, 2.24) is 14.5 Å². The lowest BCUT2D eigenvalue weighted by molar-refractivity contribution is -0.135. The number of aryl methyl sites for hydroxylation is 1. The molecule has 2 N–H and O–H groups in total. The van der Waals surface area contributed by atoms with Gasteiger partial charge in [0.05, 0.1) is 11.0 Å². The number of nitrogens with zero attached hydrogens (tertiary/aromatic N) is 3. The zero-order valence-electron chi connectivity index (χ0n) is 16.8. The first kappa shape index (κ1) is 21.3. The topological polar surface area (TPSA) is 64.2 Å². The van der Waals surface area contributed by atoms with E-state index in [0.29, 0.717) is 25.3 Å². The van der Waals surface area contributed by atoms with Crippen molar-refractivity contribution in [3.8, 4) is 5.69 Å². The number of benzene rings is 2. The molecule has 5 nitrogen and oxygen atoms in total. The third-order valence-corrected chi connectivity index (χ3v) is 5.78. The summed E-state index contributed by atoms with van der Waals surface area (Å²) in [4.78, 5) is 19.8. The Labute approximate surface area is 178 Å². The number of carbonyl (C=O) groups excluding carboxylic acids is 1. The van der Waals surface area contributed by atoms with E-state index in [4.69, 9.17) is 10.7 Å². The molecule has 2 heterocycles. The number of amides is 1. The minimum Gasteiger partial charge on any atom is -0.338 e. The smallest absolute Gasteiger partial charge is 0.223 e. The van der Waals surface area contributed by atoms with E-state index in [0.717, 1.165) is 41.9 Å². The maximum absolute atomic E-state index is 12.9. The van der Waals surface area contributed by atoms with Crippen molar-refractivity contribution < 1.29 is 4.79 Å². The Morgan fingerprint density at radius 1 is 1.14 bits per heavy atom. The number of imidazole rings is 1. The number of hydrogen-bond donors (Lipinski definition) is 1. The average Bonchev–Trinajstić information content (AvgIpc) is 3.11. The Kier molecular flexibility index (Phi) is 6.93. The highest BCUT2D eigenvalue weighted by Crippen LogP contribution is 2.25. The van der Waals surface area contributed by atoms with E-state index in [2.05, 4.69) is 29.7 Å². The Balaban J connectivity index is 0.00000240. The molecule has 4 rings (SSSR count). The van der Waals surface area contributed by atoms with Gasteiger partial charge in [0.2, 0.25) is 5.91 Å².